The maximum Gasteiger partial charge on any atom is 0.226 e. The predicted octanol–water partition coefficient (Wildman–Crippen LogP) is 2.48. The van der Waals surface area contributed by atoms with E-state index in [-0.39, 0.29) is 16.9 Å². The van der Waals surface area contributed by atoms with E-state index in [0.29, 0.717) is 0 Å². The van der Waals surface area contributed by atoms with Crippen molar-refractivity contribution >= 4 is 21.8 Å². The van der Waals surface area contributed by atoms with E-state index in [1.807, 2.05) is 20.8 Å². The molecule has 0 aromatic heterocycles. The molecule has 1 heterocycles. The monoisotopic (exact) mass is 291 g/mol. The third kappa shape index (κ3) is 3.20. The van der Waals surface area contributed by atoms with Gasteiger partial charge in [0.15, 0.2) is 0 Å². The lowest BCUT2D eigenvalue weighted by atomic mass is 9.85. The first-order chi connectivity index (χ1) is 7.46. The smallest absolute Gasteiger partial charge is 0.226 e. The zero-order valence-electron chi connectivity index (χ0n) is 10.4. The van der Waals surface area contributed by atoms with Crippen molar-refractivity contribution in [2.45, 2.75) is 45.6 Å². The van der Waals surface area contributed by atoms with Gasteiger partial charge in [-0.2, -0.15) is 0 Å². The van der Waals surface area contributed by atoms with Crippen molar-refractivity contribution in [2.24, 2.45) is 5.41 Å². The summed E-state index contributed by atoms with van der Waals surface area (Å²) in [5.74, 6) is 0.149. The van der Waals surface area contributed by atoms with E-state index >= 15 is 0 Å². The molecule has 0 aliphatic carbocycles. The fourth-order valence-corrected chi connectivity index (χ4v) is 2.33. The number of nitrogens with one attached hydrogen (secondary N) is 1. The Morgan fingerprint density at radius 2 is 2.00 bits per heavy atom. The Kier molecular flexibility index (Phi) is 4.80. The van der Waals surface area contributed by atoms with Crippen molar-refractivity contribution < 1.29 is 9.53 Å². The van der Waals surface area contributed by atoms with Gasteiger partial charge >= 0.3 is 0 Å². The number of carbonyl (C=O) groups excluding carboxylic acids is 1. The Labute approximate surface area is 106 Å². The molecule has 4 heteroatoms. The largest absolute Gasteiger partial charge is 0.381 e. The Morgan fingerprint density at radius 1 is 1.44 bits per heavy atom. The van der Waals surface area contributed by atoms with E-state index in [9.17, 15) is 4.79 Å². The van der Waals surface area contributed by atoms with Gasteiger partial charge in [0.1, 0.15) is 0 Å². The normalized spacial score (nSPS) is 20.5. The van der Waals surface area contributed by atoms with Crippen LogP contribution in [0.5, 0.6) is 0 Å². The van der Waals surface area contributed by atoms with Crippen LogP contribution in [-0.4, -0.2) is 30.0 Å². The molecule has 0 aromatic rings. The number of halogens is 1. The summed E-state index contributed by atoms with van der Waals surface area (Å²) in [6.45, 7) is 7.49. The number of hydrogen-bond acceptors (Lipinski definition) is 2. The average Bonchev–Trinajstić information content (AvgIpc) is 2.30. The Morgan fingerprint density at radius 3 is 2.44 bits per heavy atom. The molecule has 0 atom stereocenters. The van der Waals surface area contributed by atoms with E-state index in [2.05, 4.69) is 21.2 Å². The minimum atomic E-state index is -0.284. The molecule has 0 unspecified atom stereocenters. The third-order valence-electron chi connectivity index (χ3n) is 3.58. The van der Waals surface area contributed by atoms with E-state index in [0.717, 1.165) is 37.8 Å². The number of ether oxygens (including phenoxy) is 1. The van der Waals surface area contributed by atoms with Gasteiger partial charge in [0.25, 0.3) is 0 Å². The quantitative estimate of drug-likeness (QED) is 0.808. The summed E-state index contributed by atoms with van der Waals surface area (Å²) in [6, 6.07) is 0. The fourth-order valence-electron chi connectivity index (χ4n) is 1.62. The first kappa shape index (κ1) is 14.0. The first-order valence-corrected chi connectivity index (χ1v) is 7.04. The molecule has 94 valence electrons. The van der Waals surface area contributed by atoms with Gasteiger partial charge < -0.3 is 10.1 Å². The van der Waals surface area contributed by atoms with E-state index in [1.165, 1.54) is 0 Å². The van der Waals surface area contributed by atoms with Gasteiger partial charge in [0, 0.05) is 24.0 Å². The van der Waals surface area contributed by atoms with Crippen molar-refractivity contribution in [1.29, 1.82) is 0 Å². The SMILES string of the molecule is CCC(C)(C)C(=O)NC1(CBr)CCOCC1. The van der Waals surface area contributed by atoms with Crippen LogP contribution < -0.4 is 5.32 Å². The molecule has 1 fully saturated rings. The molecule has 1 rings (SSSR count). The highest BCUT2D eigenvalue weighted by Gasteiger charge is 2.36. The van der Waals surface area contributed by atoms with Crippen LogP contribution in [0.2, 0.25) is 0 Å². The molecule has 0 spiro atoms. The van der Waals surface area contributed by atoms with Crippen LogP contribution in [0.3, 0.4) is 0 Å². The van der Waals surface area contributed by atoms with Gasteiger partial charge in [0.05, 0.1) is 5.54 Å². The van der Waals surface area contributed by atoms with Crippen LogP contribution in [-0.2, 0) is 9.53 Å². The van der Waals surface area contributed by atoms with Gasteiger partial charge in [-0.05, 0) is 19.3 Å². The lowest BCUT2D eigenvalue weighted by Crippen LogP contribution is -2.56. The van der Waals surface area contributed by atoms with Crippen molar-refractivity contribution in [1.82, 2.24) is 5.32 Å². The van der Waals surface area contributed by atoms with Crippen molar-refractivity contribution in [3.05, 3.63) is 0 Å². The molecule has 0 bridgehead atoms. The van der Waals surface area contributed by atoms with Crippen molar-refractivity contribution in [3.8, 4) is 0 Å². The molecule has 0 aromatic carbocycles. The van der Waals surface area contributed by atoms with E-state index in [1.54, 1.807) is 0 Å². The summed E-state index contributed by atoms with van der Waals surface area (Å²) < 4.78 is 5.35. The standard InChI is InChI=1S/C12H22BrNO2/c1-4-11(2,3)10(15)14-12(9-13)5-7-16-8-6-12/h4-9H2,1-3H3,(H,14,15). The minimum Gasteiger partial charge on any atom is -0.381 e. The predicted molar refractivity (Wildman–Crippen MR) is 68.8 cm³/mol. The lowest BCUT2D eigenvalue weighted by molar-refractivity contribution is -0.132. The zero-order chi connectivity index (χ0) is 12.2. The van der Waals surface area contributed by atoms with Crippen LogP contribution in [0.25, 0.3) is 0 Å². The van der Waals surface area contributed by atoms with Crippen LogP contribution in [0.15, 0.2) is 0 Å². The van der Waals surface area contributed by atoms with Gasteiger partial charge in [0.2, 0.25) is 5.91 Å². The molecular weight excluding hydrogens is 270 g/mol. The molecule has 0 radical (unpaired) electrons. The molecule has 1 saturated heterocycles. The number of hydrogen-bond donors (Lipinski definition) is 1. The van der Waals surface area contributed by atoms with Crippen LogP contribution in [0.1, 0.15) is 40.0 Å². The van der Waals surface area contributed by atoms with Crippen LogP contribution in [0.4, 0.5) is 0 Å². The summed E-state index contributed by atoms with van der Waals surface area (Å²) >= 11 is 3.51. The summed E-state index contributed by atoms with van der Waals surface area (Å²) in [5.41, 5.74) is -0.394. The summed E-state index contributed by atoms with van der Waals surface area (Å²) in [5, 5.41) is 4.01. The van der Waals surface area contributed by atoms with Gasteiger partial charge in [-0.3, -0.25) is 4.79 Å². The molecule has 1 aliphatic rings. The number of rotatable bonds is 4. The summed E-state index contributed by atoms with van der Waals surface area (Å²) in [6.07, 6.45) is 2.64. The molecule has 1 amide bonds. The number of carbonyl (C=O) groups is 1. The molecule has 0 saturated carbocycles. The molecule has 3 nitrogen and oxygen atoms in total. The van der Waals surface area contributed by atoms with Gasteiger partial charge in [-0.25, -0.2) is 0 Å². The minimum absolute atomic E-state index is 0.109. The maximum atomic E-state index is 12.2. The highest BCUT2D eigenvalue weighted by Crippen LogP contribution is 2.27. The second kappa shape index (κ2) is 5.50. The highest BCUT2D eigenvalue weighted by atomic mass is 79.9. The highest BCUT2D eigenvalue weighted by molar-refractivity contribution is 9.09. The van der Waals surface area contributed by atoms with Crippen molar-refractivity contribution in [2.75, 3.05) is 18.5 Å². The van der Waals surface area contributed by atoms with Gasteiger partial charge in [-0.15, -0.1) is 0 Å². The second-order valence-electron chi connectivity index (χ2n) is 5.22. The molecule has 1 N–H and O–H groups in total. The summed E-state index contributed by atoms with van der Waals surface area (Å²) in [7, 11) is 0. The maximum absolute atomic E-state index is 12.2. The molecule has 16 heavy (non-hydrogen) atoms. The second-order valence-corrected chi connectivity index (χ2v) is 5.78. The van der Waals surface area contributed by atoms with Crippen LogP contribution in [0, 0.1) is 5.41 Å². The van der Waals surface area contributed by atoms with Gasteiger partial charge in [-0.1, -0.05) is 36.7 Å². The topological polar surface area (TPSA) is 38.3 Å². The number of alkyl halides is 1. The Bertz CT molecular complexity index is 247. The Balaban J connectivity index is 2.66. The summed E-state index contributed by atoms with van der Waals surface area (Å²) in [4.78, 5) is 12.2. The Hall–Kier alpha value is -0.0900. The van der Waals surface area contributed by atoms with Crippen LogP contribution >= 0.6 is 15.9 Å². The van der Waals surface area contributed by atoms with E-state index in [4.69, 9.17) is 4.74 Å². The van der Waals surface area contributed by atoms with Crippen molar-refractivity contribution in [3.63, 3.8) is 0 Å². The number of amides is 1. The molecule has 1 aliphatic heterocycles. The fraction of sp³-hybridized carbons (Fsp3) is 0.917. The zero-order valence-corrected chi connectivity index (χ0v) is 12.0. The third-order valence-corrected chi connectivity index (χ3v) is 4.66. The van der Waals surface area contributed by atoms with E-state index < -0.39 is 0 Å². The first-order valence-electron chi connectivity index (χ1n) is 5.92. The molecular formula is C12H22BrNO2. The average molecular weight is 292 g/mol. The lowest BCUT2D eigenvalue weighted by Gasteiger charge is -2.39.